The van der Waals surface area contributed by atoms with E-state index in [-0.39, 0.29) is 0 Å². The lowest BCUT2D eigenvalue weighted by atomic mass is 9.95. The zero-order valence-electron chi connectivity index (χ0n) is 8.58. The van der Waals surface area contributed by atoms with E-state index in [4.69, 9.17) is 10.2 Å². The van der Waals surface area contributed by atoms with Crippen LogP contribution < -0.4 is 0 Å². The molecule has 0 spiro atoms. The van der Waals surface area contributed by atoms with Crippen LogP contribution in [-0.2, 0) is 4.79 Å². The van der Waals surface area contributed by atoms with Crippen molar-refractivity contribution in [3.8, 4) is 0 Å². The van der Waals surface area contributed by atoms with Gasteiger partial charge in [0.15, 0.2) is 11.4 Å². The van der Waals surface area contributed by atoms with Crippen LogP contribution in [0.25, 0.3) is 0 Å². The quantitative estimate of drug-likeness (QED) is 0.354. The van der Waals surface area contributed by atoms with Gasteiger partial charge in [0.1, 0.15) is 18.3 Å². The fourth-order valence-corrected chi connectivity index (χ4v) is 1.69. The number of aliphatic hydroxyl groups is 5. The van der Waals surface area contributed by atoms with Gasteiger partial charge >= 0.3 is 0 Å². The Morgan fingerprint density at radius 2 is 1.67 bits per heavy atom. The van der Waals surface area contributed by atoms with Crippen LogP contribution in [0.4, 0.5) is 0 Å². The molecule has 1 rings (SSSR count). The monoisotopic (exact) mass is 220 g/mol. The second-order valence-corrected chi connectivity index (χ2v) is 4.41. The third-order valence-electron chi connectivity index (χ3n) is 3.14. The van der Waals surface area contributed by atoms with E-state index in [1.54, 1.807) is 0 Å². The molecule has 0 aromatic heterocycles. The highest BCUT2D eigenvalue weighted by Crippen LogP contribution is 2.53. The summed E-state index contributed by atoms with van der Waals surface area (Å²) in [5.41, 5.74) is -3.18. The van der Waals surface area contributed by atoms with Gasteiger partial charge in [-0.25, -0.2) is 0 Å². The van der Waals surface area contributed by atoms with Crippen molar-refractivity contribution in [1.29, 1.82) is 0 Å². The Morgan fingerprint density at radius 1 is 1.27 bits per heavy atom. The molecule has 0 radical (unpaired) electrons. The van der Waals surface area contributed by atoms with Crippen LogP contribution in [0.3, 0.4) is 0 Å². The van der Waals surface area contributed by atoms with E-state index in [9.17, 15) is 20.1 Å². The first kappa shape index (κ1) is 12.5. The summed E-state index contributed by atoms with van der Waals surface area (Å²) in [5, 5.41) is 46.2. The fourth-order valence-electron chi connectivity index (χ4n) is 1.69. The summed E-state index contributed by atoms with van der Waals surface area (Å²) in [6, 6.07) is 0. The minimum absolute atomic E-state index is 0.591. The van der Waals surface area contributed by atoms with Crippen LogP contribution in [0, 0.1) is 5.41 Å². The molecule has 1 fully saturated rings. The van der Waals surface area contributed by atoms with Crippen molar-refractivity contribution in [3.05, 3.63) is 0 Å². The van der Waals surface area contributed by atoms with Gasteiger partial charge in [-0.05, 0) is 13.8 Å². The Kier molecular flexibility index (Phi) is 2.92. The molecule has 0 heterocycles. The number of ketones is 1. The Morgan fingerprint density at radius 3 is 1.93 bits per heavy atom. The molecule has 6 heteroatoms. The molecule has 88 valence electrons. The van der Waals surface area contributed by atoms with Gasteiger partial charge in [-0.3, -0.25) is 4.79 Å². The van der Waals surface area contributed by atoms with Gasteiger partial charge < -0.3 is 25.5 Å². The molecule has 5 N–H and O–H groups in total. The highest BCUT2D eigenvalue weighted by atomic mass is 16.4. The van der Waals surface area contributed by atoms with Crippen molar-refractivity contribution in [2.24, 2.45) is 5.41 Å². The zero-order chi connectivity index (χ0) is 12.0. The summed E-state index contributed by atoms with van der Waals surface area (Å²) in [5.74, 6) is -0.591. The summed E-state index contributed by atoms with van der Waals surface area (Å²) in [6.07, 6.45) is -5.15. The number of Topliss-reactive ketones (excluding diaryl/α,β-unsaturated/α-hetero) is 1. The summed E-state index contributed by atoms with van der Waals surface area (Å²) < 4.78 is 0. The molecule has 1 aliphatic carbocycles. The first-order chi connectivity index (χ1) is 6.71. The van der Waals surface area contributed by atoms with Crippen LogP contribution >= 0.6 is 0 Å². The van der Waals surface area contributed by atoms with Crippen molar-refractivity contribution < 1.29 is 30.3 Å². The van der Waals surface area contributed by atoms with E-state index in [2.05, 4.69) is 0 Å². The van der Waals surface area contributed by atoms with Crippen molar-refractivity contribution in [1.82, 2.24) is 0 Å². The average Bonchev–Trinajstić information content (AvgIpc) is 2.60. The lowest BCUT2D eigenvalue weighted by molar-refractivity contribution is -0.142. The van der Waals surface area contributed by atoms with Gasteiger partial charge in [0.25, 0.3) is 0 Å². The van der Waals surface area contributed by atoms with Crippen LogP contribution in [0.1, 0.15) is 13.8 Å². The standard InChI is InChI=1S/C9H16O6/c1-8(2)7(14)9(8,15)6(13)5(12)4(11)3-10/h4-6,10-13,15H,3H2,1-2H3/t4-,5-,6+,9-/m1/s1. The summed E-state index contributed by atoms with van der Waals surface area (Å²) in [7, 11) is 0. The predicted molar refractivity (Wildman–Crippen MR) is 48.8 cm³/mol. The molecule has 1 aliphatic rings. The third-order valence-corrected chi connectivity index (χ3v) is 3.14. The second-order valence-electron chi connectivity index (χ2n) is 4.41. The Bertz CT molecular complexity index is 276. The van der Waals surface area contributed by atoms with Crippen LogP contribution in [0.2, 0.25) is 0 Å². The number of hydrogen-bond donors (Lipinski definition) is 5. The topological polar surface area (TPSA) is 118 Å². The number of hydrogen-bond acceptors (Lipinski definition) is 6. The van der Waals surface area contributed by atoms with Gasteiger partial charge in [0.05, 0.1) is 12.0 Å². The zero-order valence-corrected chi connectivity index (χ0v) is 8.58. The van der Waals surface area contributed by atoms with E-state index in [1.807, 2.05) is 0 Å². The normalized spacial score (nSPS) is 34.7. The maximum absolute atomic E-state index is 11.3. The van der Waals surface area contributed by atoms with Gasteiger partial charge in [-0.1, -0.05) is 0 Å². The molecule has 4 atom stereocenters. The lowest BCUT2D eigenvalue weighted by Crippen LogP contribution is -2.49. The Balaban J connectivity index is 2.79. The van der Waals surface area contributed by atoms with Gasteiger partial charge in [0, 0.05) is 0 Å². The van der Waals surface area contributed by atoms with E-state index in [1.165, 1.54) is 13.8 Å². The van der Waals surface area contributed by atoms with E-state index in [0.717, 1.165) is 0 Å². The molecule has 0 saturated heterocycles. The average molecular weight is 220 g/mol. The van der Waals surface area contributed by atoms with Crippen molar-refractivity contribution in [2.75, 3.05) is 6.61 Å². The molecule has 0 amide bonds. The van der Waals surface area contributed by atoms with Gasteiger partial charge in [0.2, 0.25) is 0 Å². The van der Waals surface area contributed by atoms with Crippen molar-refractivity contribution in [2.45, 2.75) is 37.8 Å². The Hall–Kier alpha value is -0.530. The van der Waals surface area contributed by atoms with E-state index >= 15 is 0 Å². The van der Waals surface area contributed by atoms with Crippen molar-refractivity contribution >= 4 is 5.78 Å². The van der Waals surface area contributed by atoms with Crippen molar-refractivity contribution in [3.63, 3.8) is 0 Å². The lowest BCUT2D eigenvalue weighted by Gasteiger charge is -2.26. The first-order valence-corrected chi connectivity index (χ1v) is 4.63. The highest BCUT2D eigenvalue weighted by Gasteiger charge is 2.76. The fraction of sp³-hybridized carbons (Fsp3) is 0.889. The minimum atomic E-state index is -2.04. The molecule has 0 unspecified atom stereocenters. The predicted octanol–water partition coefficient (Wildman–Crippen LogP) is -2.60. The molecule has 6 nitrogen and oxygen atoms in total. The SMILES string of the molecule is CC1(C)C(=O)[C@]1(O)[C@@H](O)[C@H](O)[C@H](O)CO. The van der Waals surface area contributed by atoms with Crippen LogP contribution in [-0.4, -0.2) is 61.8 Å². The second kappa shape index (κ2) is 3.50. The number of aliphatic hydroxyl groups excluding tert-OH is 4. The molecule has 0 aliphatic heterocycles. The summed E-state index contributed by atoms with van der Waals surface area (Å²) in [4.78, 5) is 11.3. The van der Waals surface area contributed by atoms with Gasteiger partial charge in [-0.15, -0.1) is 0 Å². The molecular weight excluding hydrogens is 204 g/mol. The number of carbonyl (C=O) groups excluding carboxylic acids is 1. The molecule has 0 bridgehead atoms. The molecule has 0 aromatic rings. The Labute approximate surface area is 86.8 Å². The third kappa shape index (κ3) is 1.49. The van der Waals surface area contributed by atoms with Crippen LogP contribution in [0.5, 0.6) is 0 Å². The first-order valence-electron chi connectivity index (χ1n) is 4.63. The molecular formula is C9H16O6. The maximum atomic E-state index is 11.3. The summed E-state index contributed by atoms with van der Waals surface area (Å²) in [6.45, 7) is 2.09. The maximum Gasteiger partial charge on any atom is 0.177 e. The molecule has 1 saturated carbocycles. The molecule has 15 heavy (non-hydrogen) atoms. The smallest absolute Gasteiger partial charge is 0.177 e. The highest BCUT2D eigenvalue weighted by molar-refractivity contribution is 6.11. The largest absolute Gasteiger partial charge is 0.394 e. The van der Waals surface area contributed by atoms with E-state index in [0.29, 0.717) is 0 Å². The number of carbonyl (C=O) groups is 1. The van der Waals surface area contributed by atoms with Crippen LogP contribution in [0.15, 0.2) is 0 Å². The van der Waals surface area contributed by atoms with E-state index < -0.39 is 41.7 Å². The molecule has 0 aromatic carbocycles. The number of rotatable bonds is 4. The van der Waals surface area contributed by atoms with Gasteiger partial charge in [-0.2, -0.15) is 0 Å². The minimum Gasteiger partial charge on any atom is -0.394 e. The summed E-state index contributed by atoms with van der Waals surface area (Å²) >= 11 is 0.